The molecule has 0 amide bonds. The summed E-state index contributed by atoms with van der Waals surface area (Å²) in [6.07, 6.45) is 1.70. The Kier molecular flexibility index (Phi) is 3.09. The van der Waals surface area contributed by atoms with Crippen molar-refractivity contribution in [3.05, 3.63) is 5.82 Å². The van der Waals surface area contributed by atoms with Crippen molar-refractivity contribution in [2.45, 2.75) is 32.7 Å². The number of aromatic nitrogens is 2. The van der Waals surface area contributed by atoms with Crippen molar-refractivity contribution in [3.8, 4) is 0 Å². The molecule has 1 saturated heterocycles. The Morgan fingerprint density at radius 2 is 2.38 bits per heavy atom. The monoisotopic (exact) mass is 241 g/mol. The zero-order valence-electron chi connectivity index (χ0n) is 9.38. The van der Waals surface area contributed by atoms with E-state index < -0.39 is 12.0 Å². The van der Waals surface area contributed by atoms with Gasteiger partial charge in [-0.15, -0.1) is 0 Å². The van der Waals surface area contributed by atoms with Crippen LogP contribution in [0.2, 0.25) is 0 Å². The third-order valence-electron chi connectivity index (χ3n) is 2.91. The first kappa shape index (κ1) is 11.3. The molecule has 2 heterocycles. The smallest absolute Gasteiger partial charge is 0.326 e. The molecule has 2 rings (SSSR count). The van der Waals surface area contributed by atoms with Crippen molar-refractivity contribution in [1.29, 1.82) is 0 Å². The summed E-state index contributed by atoms with van der Waals surface area (Å²) in [5, 5.41) is 9.94. The Balaban J connectivity index is 2.21. The maximum absolute atomic E-state index is 11.2. The molecule has 0 radical (unpaired) electrons. The molecule has 5 nitrogen and oxygen atoms in total. The van der Waals surface area contributed by atoms with Crippen LogP contribution in [0.15, 0.2) is 0 Å². The molecule has 0 bridgehead atoms. The number of hydrogen-bond donors (Lipinski definition) is 1. The van der Waals surface area contributed by atoms with Gasteiger partial charge in [0.25, 0.3) is 0 Å². The Labute approximate surface area is 98.3 Å². The maximum Gasteiger partial charge on any atom is 0.326 e. The van der Waals surface area contributed by atoms with Crippen LogP contribution < -0.4 is 4.90 Å². The second kappa shape index (κ2) is 4.37. The lowest BCUT2D eigenvalue weighted by Gasteiger charge is -2.35. The molecule has 0 aliphatic carbocycles. The van der Waals surface area contributed by atoms with Crippen molar-refractivity contribution in [1.82, 2.24) is 9.36 Å². The van der Waals surface area contributed by atoms with Crippen LogP contribution >= 0.6 is 11.5 Å². The molecule has 0 spiro atoms. The molecule has 0 aromatic carbocycles. The van der Waals surface area contributed by atoms with Crippen LogP contribution in [0, 0.1) is 12.8 Å². The molecule has 1 N–H and O–H groups in total. The van der Waals surface area contributed by atoms with Crippen LogP contribution in [0.3, 0.4) is 0 Å². The van der Waals surface area contributed by atoms with Crippen molar-refractivity contribution in [3.63, 3.8) is 0 Å². The van der Waals surface area contributed by atoms with Crippen LogP contribution in [-0.4, -0.2) is 33.0 Å². The van der Waals surface area contributed by atoms with E-state index in [1.54, 1.807) is 0 Å². The summed E-state index contributed by atoms with van der Waals surface area (Å²) < 4.78 is 4.10. The Bertz CT molecular complexity index is 393. The van der Waals surface area contributed by atoms with E-state index in [1.807, 2.05) is 11.8 Å². The molecule has 16 heavy (non-hydrogen) atoms. The van der Waals surface area contributed by atoms with Gasteiger partial charge in [-0.1, -0.05) is 6.92 Å². The van der Waals surface area contributed by atoms with Crippen LogP contribution in [0.4, 0.5) is 5.13 Å². The lowest BCUT2D eigenvalue weighted by molar-refractivity contribution is -0.139. The lowest BCUT2D eigenvalue weighted by atomic mass is 9.93. The van der Waals surface area contributed by atoms with E-state index in [9.17, 15) is 9.90 Å². The number of aliphatic carboxylic acids is 1. The fraction of sp³-hybridized carbons (Fsp3) is 0.700. The summed E-state index contributed by atoms with van der Waals surface area (Å²) in [5.41, 5.74) is 0. The van der Waals surface area contributed by atoms with Gasteiger partial charge in [0.15, 0.2) is 0 Å². The fourth-order valence-electron chi connectivity index (χ4n) is 2.01. The van der Waals surface area contributed by atoms with E-state index in [4.69, 9.17) is 0 Å². The highest BCUT2D eigenvalue weighted by molar-refractivity contribution is 7.09. The van der Waals surface area contributed by atoms with Crippen molar-refractivity contribution >= 4 is 22.6 Å². The summed E-state index contributed by atoms with van der Waals surface area (Å²) in [7, 11) is 0. The quantitative estimate of drug-likeness (QED) is 0.850. The first-order chi connectivity index (χ1) is 7.58. The molecular weight excluding hydrogens is 226 g/mol. The highest BCUT2D eigenvalue weighted by Crippen LogP contribution is 2.29. The van der Waals surface area contributed by atoms with Crippen LogP contribution in [0.5, 0.6) is 0 Å². The van der Waals surface area contributed by atoms with E-state index in [1.165, 1.54) is 11.5 Å². The molecule has 1 aliphatic heterocycles. The predicted octanol–water partition coefficient (Wildman–Crippen LogP) is 1.54. The second-order valence-electron chi connectivity index (χ2n) is 4.30. The highest BCUT2D eigenvalue weighted by Gasteiger charge is 2.33. The molecule has 1 aromatic heterocycles. The van der Waals surface area contributed by atoms with E-state index in [0.717, 1.165) is 18.1 Å². The Hall–Kier alpha value is -1.17. The maximum atomic E-state index is 11.2. The standard InChI is InChI=1S/C10H15N3O2S/c1-6-3-4-13(8(5-6)9(14)15)10-11-7(2)12-16-10/h6,8H,3-5H2,1-2H3,(H,14,15). The molecule has 2 atom stereocenters. The zero-order valence-corrected chi connectivity index (χ0v) is 10.2. The normalized spacial score (nSPS) is 25.8. The minimum absolute atomic E-state index is 0.448. The number of nitrogens with zero attached hydrogens (tertiary/aromatic N) is 3. The minimum Gasteiger partial charge on any atom is -0.480 e. The second-order valence-corrected chi connectivity index (χ2v) is 5.03. The number of anilines is 1. The predicted molar refractivity (Wildman–Crippen MR) is 61.8 cm³/mol. The summed E-state index contributed by atoms with van der Waals surface area (Å²) in [4.78, 5) is 17.3. The van der Waals surface area contributed by atoms with Crippen LogP contribution in [0.1, 0.15) is 25.6 Å². The van der Waals surface area contributed by atoms with Gasteiger partial charge in [0, 0.05) is 18.1 Å². The molecule has 1 aliphatic rings. The number of aryl methyl sites for hydroxylation is 1. The topological polar surface area (TPSA) is 66.3 Å². The molecule has 1 fully saturated rings. The van der Waals surface area contributed by atoms with E-state index >= 15 is 0 Å². The van der Waals surface area contributed by atoms with Gasteiger partial charge in [-0.05, 0) is 25.7 Å². The van der Waals surface area contributed by atoms with Crippen molar-refractivity contribution in [2.75, 3.05) is 11.4 Å². The Morgan fingerprint density at radius 3 is 2.94 bits per heavy atom. The van der Waals surface area contributed by atoms with Gasteiger partial charge in [-0.25, -0.2) is 9.78 Å². The third-order valence-corrected chi connectivity index (χ3v) is 3.76. The lowest BCUT2D eigenvalue weighted by Crippen LogP contribution is -2.46. The molecule has 6 heteroatoms. The number of hydrogen-bond acceptors (Lipinski definition) is 5. The average molecular weight is 241 g/mol. The Morgan fingerprint density at radius 1 is 1.62 bits per heavy atom. The SMILES string of the molecule is Cc1nsc(N2CCC(C)CC2C(=O)O)n1. The van der Waals surface area contributed by atoms with E-state index in [2.05, 4.69) is 16.3 Å². The zero-order chi connectivity index (χ0) is 11.7. The molecule has 1 aromatic rings. The fourth-order valence-corrected chi connectivity index (χ4v) is 2.76. The molecular formula is C10H15N3O2S. The van der Waals surface area contributed by atoms with E-state index in [0.29, 0.717) is 18.2 Å². The van der Waals surface area contributed by atoms with Gasteiger partial charge in [-0.3, -0.25) is 0 Å². The first-order valence-electron chi connectivity index (χ1n) is 5.37. The molecule has 2 unspecified atom stereocenters. The van der Waals surface area contributed by atoms with Gasteiger partial charge >= 0.3 is 5.97 Å². The van der Waals surface area contributed by atoms with Gasteiger partial charge in [0.1, 0.15) is 11.9 Å². The minimum atomic E-state index is -0.764. The number of carboxylic acid groups (broad SMARTS) is 1. The van der Waals surface area contributed by atoms with Crippen molar-refractivity contribution < 1.29 is 9.90 Å². The van der Waals surface area contributed by atoms with E-state index in [-0.39, 0.29) is 0 Å². The summed E-state index contributed by atoms with van der Waals surface area (Å²) in [5.74, 6) is 0.411. The summed E-state index contributed by atoms with van der Waals surface area (Å²) in [6, 6.07) is -0.448. The number of carbonyl (C=O) groups is 1. The molecule has 88 valence electrons. The first-order valence-corrected chi connectivity index (χ1v) is 6.15. The molecule has 0 saturated carbocycles. The van der Waals surface area contributed by atoms with Gasteiger partial charge in [-0.2, -0.15) is 4.37 Å². The summed E-state index contributed by atoms with van der Waals surface area (Å²) >= 11 is 1.28. The summed E-state index contributed by atoms with van der Waals surface area (Å²) in [6.45, 7) is 4.67. The average Bonchev–Trinajstić information content (AvgIpc) is 2.64. The van der Waals surface area contributed by atoms with Crippen LogP contribution in [-0.2, 0) is 4.79 Å². The van der Waals surface area contributed by atoms with Crippen molar-refractivity contribution in [2.24, 2.45) is 5.92 Å². The highest BCUT2D eigenvalue weighted by atomic mass is 32.1. The van der Waals surface area contributed by atoms with Gasteiger partial charge < -0.3 is 10.0 Å². The van der Waals surface area contributed by atoms with Crippen LogP contribution in [0.25, 0.3) is 0 Å². The van der Waals surface area contributed by atoms with Gasteiger partial charge in [0.2, 0.25) is 5.13 Å². The number of carboxylic acids is 1. The largest absolute Gasteiger partial charge is 0.480 e. The third kappa shape index (κ3) is 2.16. The number of piperidine rings is 1. The van der Waals surface area contributed by atoms with Gasteiger partial charge in [0.05, 0.1) is 0 Å². The number of rotatable bonds is 2.